The van der Waals surface area contributed by atoms with Crippen LogP contribution in [0.25, 0.3) is 0 Å². The fourth-order valence-electron chi connectivity index (χ4n) is 0.122. The Hall–Kier alpha value is 0.779. The summed E-state index contributed by atoms with van der Waals surface area (Å²) in [4.78, 5) is 37.3. The van der Waals surface area contributed by atoms with Gasteiger partial charge in [0.25, 0.3) is 0 Å². The maximum Gasteiger partial charge on any atom is 2.00 e. The summed E-state index contributed by atoms with van der Waals surface area (Å²) in [6.45, 7) is 0. The van der Waals surface area contributed by atoms with Crippen LogP contribution in [0.3, 0.4) is 0 Å². The Balaban J connectivity index is -0.000000320. The first-order valence-corrected chi connectivity index (χ1v) is 4.38. The SMILES string of the molecule is O=P([O-])([O-])OP(=O)([O-])[O-].[Cu+2].[H+]. The van der Waals surface area contributed by atoms with E-state index in [0.717, 1.165) is 0 Å². The minimum atomic E-state index is -5.68. The van der Waals surface area contributed by atoms with Crippen molar-refractivity contribution < 1.29 is 51.5 Å². The van der Waals surface area contributed by atoms with Gasteiger partial charge < -0.3 is 33.0 Å². The molecule has 65 valence electrons. The van der Waals surface area contributed by atoms with Crippen molar-refractivity contribution in [2.24, 2.45) is 0 Å². The summed E-state index contributed by atoms with van der Waals surface area (Å²) in [6, 6.07) is 0. The van der Waals surface area contributed by atoms with Gasteiger partial charge in [-0.05, 0) is 0 Å². The van der Waals surface area contributed by atoms with Gasteiger partial charge in [-0.3, -0.25) is 0 Å². The summed E-state index contributed by atoms with van der Waals surface area (Å²) < 4.78 is 21.2. The van der Waals surface area contributed by atoms with Crippen LogP contribution >= 0.6 is 15.6 Å². The molecule has 7 nitrogen and oxygen atoms in total. The maximum absolute atomic E-state index is 9.32. The van der Waals surface area contributed by atoms with Gasteiger partial charge in [-0.2, -0.15) is 0 Å². The summed E-state index contributed by atoms with van der Waals surface area (Å²) >= 11 is 0. The first-order valence-electron chi connectivity index (χ1n) is 1.46. The van der Waals surface area contributed by atoms with E-state index >= 15 is 0 Å². The summed E-state index contributed by atoms with van der Waals surface area (Å²) in [6.07, 6.45) is 0. The van der Waals surface area contributed by atoms with E-state index in [1.807, 2.05) is 0 Å². The van der Waals surface area contributed by atoms with E-state index in [0.29, 0.717) is 0 Å². The first kappa shape index (κ1) is 13.4. The van der Waals surface area contributed by atoms with Crippen molar-refractivity contribution in [2.75, 3.05) is 0 Å². The molecule has 0 unspecified atom stereocenters. The van der Waals surface area contributed by atoms with E-state index in [1.165, 1.54) is 0 Å². The Morgan fingerprint density at radius 1 is 1.00 bits per heavy atom. The van der Waals surface area contributed by atoms with Crippen molar-refractivity contribution in [3.05, 3.63) is 0 Å². The molecule has 1 radical (unpaired) electrons. The zero-order valence-electron chi connectivity index (χ0n) is 5.05. The molecule has 0 saturated carbocycles. The zero-order chi connectivity index (χ0) is 7.71. The van der Waals surface area contributed by atoms with E-state index in [4.69, 9.17) is 0 Å². The second kappa shape index (κ2) is 3.97. The third-order valence-electron chi connectivity index (χ3n) is 0.200. The second-order valence-electron chi connectivity index (χ2n) is 0.976. The topological polar surface area (TPSA) is 136 Å². The third kappa shape index (κ3) is 11.6. The van der Waals surface area contributed by atoms with E-state index in [1.54, 1.807) is 0 Å². The third-order valence-corrected chi connectivity index (χ3v) is 1.80. The molecule has 0 saturated heterocycles. The van der Waals surface area contributed by atoms with Crippen molar-refractivity contribution in [1.29, 1.82) is 0 Å². The van der Waals surface area contributed by atoms with Crippen molar-refractivity contribution in [1.82, 2.24) is 0 Å². The van der Waals surface area contributed by atoms with Crippen molar-refractivity contribution in [2.45, 2.75) is 0 Å². The van der Waals surface area contributed by atoms with Crippen molar-refractivity contribution in [3.8, 4) is 0 Å². The van der Waals surface area contributed by atoms with Crippen LogP contribution in [0, 0.1) is 0 Å². The van der Waals surface area contributed by atoms with Gasteiger partial charge in [-0.1, -0.05) is 0 Å². The van der Waals surface area contributed by atoms with Crippen LogP contribution in [0.15, 0.2) is 0 Å². The van der Waals surface area contributed by atoms with Crippen LogP contribution in [0.2, 0.25) is 0 Å². The molecule has 0 aromatic heterocycles. The van der Waals surface area contributed by atoms with Gasteiger partial charge >= 0.3 is 18.5 Å². The van der Waals surface area contributed by atoms with E-state index in [-0.39, 0.29) is 18.5 Å². The molecule has 0 heterocycles. The first-order chi connectivity index (χ1) is 3.71. The van der Waals surface area contributed by atoms with Gasteiger partial charge in [0.15, 0.2) is 0 Å². The van der Waals surface area contributed by atoms with Crippen molar-refractivity contribution in [3.63, 3.8) is 0 Å². The summed E-state index contributed by atoms with van der Waals surface area (Å²) in [7, 11) is -11.4. The molecular formula is HCuO7P2-. The number of phosphoric acid groups is 2. The molecule has 0 aliphatic rings. The second-order valence-corrected chi connectivity index (χ2v) is 3.42. The van der Waals surface area contributed by atoms with Gasteiger partial charge in [0, 0.05) is 0 Å². The summed E-state index contributed by atoms with van der Waals surface area (Å²) in [5, 5.41) is 0. The van der Waals surface area contributed by atoms with Crippen LogP contribution in [0.5, 0.6) is 0 Å². The van der Waals surface area contributed by atoms with Crippen molar-refractivity contribution >= 4 is 15.6 Å². The molecule has 0 amide bonds. The van der Waals surface area contributed by atoms with E-state index in [9.17, 15) is 28.7 Å². The number of hydrogen-bond donors (Lipinski definition) is 0. The molecular weight excluding hydrogens is 237 g/mol. The molecule has 0 N–H and O–H groups in total. The van der Waals surface area contributed by atoms with Gasteiger partial charge in [0.1, 0.15) is 0 Å². The molecule has 0 bridgehead atoms. The average Bonchev–Trinajstić information content (AvgIpc) is 1.14. The smallest absolute Gasteiger partial charge is 0.790 e. The summed E-state index contributed by atoms with van der Waals surface area (Å²) in [5.41, 5.74) is 0. The molecule has 0 rings (SSSR count). The standard InChI is InChI=1S/Cu.H4O7P2/c;1-8(2,3)7-9(4,5)6/h;(H2,1,2,3)(H2,4,5,6)/q+2;/p-3. The molecule has 0 aliphatic heterocycles. The number of hydrogen-bond acceptors (Lipinski definition) is 7. The Kier molecular flexibility index (Phi) is 5.31. The van der Waals surface area contributed by atoms with Crippen LogP contribution in [-0.4, -0.2) is 0 Å². The Morgan fingerprint density at radius 3 is 1.20 bits per heavy atom. The van der Waals surface area contributed by atoms with Gasteiger partial charge in [-0.15, -0.1) is 0 Å². The monoisotopic (exact) mass is 238 g/mol. The molecule has 0 fully saturated rings. The zero-order valence-corrected chi connectivity index (χ0v) is 6.78. The normalized spacial score (nSPS) is 12.4. The minimum Gasteiger partial charge on any atom is -0.790 e. The minimum absolute atomic E-state index is 0. The average molecular weight is 238 g/mol. The predicted octanol–water partition coefficient (Wildman–Crippen LogP) is -3.23. The van der Waals surface area contributed by atoms with Gasteiger partial charge in [-0.25, -0.2) is 0 Å². The fourth-order valence-corrected chi connectivity index (χ4v) is 1.10. The molecule has 0 aromatic rings. The Bertz CT molecular complexity index is 157. The molecule has 0 atom stereocenters. The van der Waals surface area contributed by atoms with Gasteiger partial charge in [0.2, 0.25) is 0 Å². The van der Waals surface area contributed by atoms with Crippen LogP contribution in [0.4, 0.5) is 0 Å². The summed E-state index contributed by atoms with van der Waals surface area (Å²) in [5.74, 6) is 0. The Morgan fingerprint density at radius 2 is 1.20 bits per heavy atom. The van der Waals surface area contributed by atoms with E-state index in [2.05, 4.69) is 4.31 Å². The van der Waals surface area contributed by atoms with Crippen LogP contribution in [0.1, 0.15) is 1.43 Å². The molecule has 0 spiro atoms. The predicted molar refractivity (Wildman–Crippen MR) is 17.4 cm³/mol. The maximum atomic E-state index is 9.32. The van der Waals surface area contributed by atoms with Crippen LogP contribution in [-0.2, 0) is 30.5 Å². The van der Waals surface area contributed by atoms with Gasteiger partial charge in [0.05, 0.1) is 15.6 Å². The molecule has 0 aromatic carbocycles. The quantitative estimate of drug-likeness (QED) is 0.364. The Labute approximate surface area is 67.8 Å². The molecule has 0 aliphatic carbocycles. The molecule has 10 heavy (non-hydrogen) atoms. The number of rotatable bonds is 2. The van der Waals surface area contributed by atoms with Crippen LogP contribution < -0.4 is 19.6 Å². The fraction of sp³-hybridized carbons (Fsp3) is 0. The molecule has 10 heteroatoms. The van der Waals surface area contributed by atoms with E-state index < -0.39 is 15.6 Å². The largest absolute Gasteiger partial charge is 2.00 e.